The Kier molecular flexibility index (Phi) is 2.86. The van der Waals surface area contributed by atoms with Crippen molar-refractivity contribution in [2.75, 3.05) is 0 Å². The van der Waals surface area contributed by atoms with E-state index in [2.05, 4.69) is 4.98 Å². The number of aromatic carboxylic acids is 1. The SMILES string of the molecule is CCc1c(S(=O)(=O)Cl)c[nH]c1C(=O)O. The van der Waals surface area contributed by atoms with Gasteiger partial charge in [-0.3, -0.25) is 0 Å². The molecule has 0 amide bonds. The number of nitrogens with one attached hydrogen (secondary N) is 1. The Morgan fingerprint density at radius 1 is 1.64 bits per heavy atom. The van der Waals surface area contributed by atoms with Crippen LogP contribution in [0, 0.1) is 0 Å². The Morgan fingerprint density at radius 3 is 2.57 bits per heavy atom. The standard InChI is InChI=1S/C7H8ClNO4S/c1-2-4-5(14(8,12)13)3-9-6(4)7(10)11/h3,9H,2H2,1H3,(H,10,11). The van der Waals surface area contributed by atoms with Gasteiger partial charge in [-0.05, 0) is 6.42 Å². The minimum absolute atomic E-state index is 0.133. The van der Waals surface area contributed by atoms with Crippen molar-refractivity contribution >= 4 is 25.7 Å². The number of hydrogen-bond donors (Lipinski definition) is 2. The fraction of sp³-hybridized carbons (Fsp3) is 0.286. The van der Waals surface area contributed by atoms with E-state index < -0.39 is 15.0 Å². The molecule has 1 heterocycles. The van der Waals surface area contributed by atoms with Crippen LogP contribution >= 0.6 is 10.7 Å². The van der Waals surface area contributed by atoms with Crippen molar-refractivity contribution < 1.29 is 18.3 Å². The predicted octanol–water partition coefficient (Wildman–Crippen LogP) is 1.20. The molecule has 14 heavy (non-hydrogen) atoms. The molecule has 0 fully saturated rings. The van der Waals surface area contributed by atoms with E-state index >= 15 is 0 Å². The minimum atomic E-state index is -3.88. The average Bonchev–Trinajstić information content (AvgIpc) is 2.45. The van der Waals surface area contributed by atoms with Crippen molar-refractivity contribution in [1.29, 1.82) is 0 Å². The van der Waals surface area contributed by atoms with Crippen molar-refractivity contribution in [3.8, 4) is 0 Å². The van der Waals surface area contributed by atoms with E-state index in [0.717, 1.165) is 6.20 Å². The van der Waals surface area contributed by atoms with Gasteiger partial charge >= 0.3 is 5.97 Å². The molecule has 1 aromatic rings. The quantitative estimate of drug-likeness (QED) is 0.774. The van der Waals surface area contributed by atoms with Crippen LogP contribution in [0.5, 0.6) is 0 Å². The van der Waals surface area contributed by atoms with E-state index in [1.807, 2.05) is 0 Å². The van der Waals surface area contributed by atoms with Crippen molar-refractivity contribution in [2.24, 2.45) is 0 Å². The van der Waals surface area contributed by atoms with Crippen LogP contribution in [-0.4, -0.2) is 24.5 Å². The van der Waals surface area contributed by atoms with Crippen LogP contribution in [0.2, 0.25) is 0 Å². The van der Waals surface area contributed by atoms with Crippen LogP contribution in [0.4, 0.5) is 0 Å². The molecule has 0 radical (unpaired) electrons. The maximum atomic E-state index is 11.0. The zero-order valence-corrected chi connectivity index (χ0v) is 8.82. The number of carboxylic acid groups (broad SMARTS) is 1. The van der Waals surface area contributed by atoms with Crippen LogP contribution in [0.1, 0.15) is 23.0 Å². The van der Waals surface area contributed by atoms with Gasteiger partial charge in [-0.25, -0.2) is 13.2 Å². The summed E-state index contributed by atoms with van der Waals surface area (Å²) in [5.41, 5.74) is 0.0687. The van der Waals surface area contributed by atoms with E-state index in [1.165, 1.54) is 0 Å². The van der Waals surface area contributed by atoms with Crippen LogP contribution in [0.25, 0.3) is 0 Å². The van der Waals surface area contributed by atoms with E-state index in [1.54, 1.807) is 6.92 Å². The van der Waals surface area contributed by atoms with Gasteiger partial charge in [-0.1, -0.05) is 6.92 Å². The van der Waals surface area contributed by atoms with E-state index in [4.69, 9.17) is 15.8 Å². The first-order valence-corrected chi connectivity index (χ1v) is 6.07. The molecule has 78 valence electrons. The smallest absolute Gasteiger partial charge is 0.352 e. The third kappa shape index (κ3) is 1.91. The summed E-state index contributed by atoms with van der Waals surface area (Å²) < 4.78 is 22.0. The summed E-state index contributed by atoms with van der Waals surface area (Å²) in [5, 5.41) is 8.71. The van der Waals surface area contributed by atoms with Gasteiger partial charge < -0.3 is 10.1 Å². The number of H-pyrrole nitrogens is 1. The zero-order valence-electron chi connectivity index (χ0n) is 7.24. The second-order valence-electron chi connectivity index (χ2n) is 2.60. The zero-order chi connectivity index (χ0) is 10.9. The Morgan fingerprint density at radius 2 is 2.21 bits per heavy atom. The van der Waals surface area contributed by atoms with E-state index in [0.29, 0.717) is 0 Å². The van der Waals surface area contributed by atoms with Crippen molar-refractivity contribution in [3.05, 3.63) is 17.5 Å². The van der Waals surface area contributed by atoms with Crippen molar-refractivity contribution in [2.45, 2.75) is 18.2 Å². The van der Waals surface area contributed by atoms with Crippen molar-refractivity contribution in [1.82, 2.24) is 4.98 Å². The molecular formula is C7H8ClNO4S. The summed E-state index contributed by atoms with van der Waals surface area (Å²) in [6.07, 6.45) is 1.37. The van der Waals surface area contributed by atoms with Gasteiger partial charge in [-0.15, -0.1) is 0 Å². The Hall–Kier alpha value is -1.01. The van der Waals surface area contributed by atoms with E-state index in [9.17, 15) is 13.2 Å². The van der Waals surface area contributed by atoms with Gasteiger partial charge in [0.1, 0.15) is 10.6 Å². The van der Waals surface area contributed by atoms with Crippen molar-refractivity contribution in [3.63, 3.8) is 0 Å². The van der Waals surface area contributed by atoms with Crippen LogP contribution in [0.3, 0.4) is 0 Å². The molecule has 0 aliphatic rings. The van der Waals surface area contributed by atoms with Gasteiger partial charge in [0, 0.05) is 22.4 Å². The highest BCUT2D eigenvalue weighted by Crippen LogP contribution is 2.23. The highest BCUT2D eigenvalue weighted by atomic mass is 35.7. The number of rotatable bonds is 3. The lowest BCUT2D eigenvalue weighted by atomic mass is 10.2. The van der Waals surface area contributed by atoms with Crippen LogP contribution < -0.4 is 0 Å². The Bertz CT molecular complexity index is 462. The number of carboxylic acids is 1. The maximum absolute atomic E-state index is 11.0. The van der Waals surface area contributed by atoms with Gasteiger partial charge in [0.25, 0.3) is 9.05 Å². The molecule has 1 rings (SSSR count). The Balaban J connectivity index is 3.43. The predicted molar refractivity (Wildman–Crippen MR) is 50.2 cm³/mol. The largest absolute Gasteiger partial charge is 0.477 e. The van der Waals surface area contributed by atoms with Gasteiger partial charge in [0.05, 0.1) is 0 Å². The van der Waals surface area contributed by atoms with Gasteiger partial charge in [-0.2, -0.15) is 0 Å². The number of carbonyl (C=O) groups is 1. The summed E-state index contributed by atoms with van der Waals surface area (Å²) in [6, 6.07) is 0. The molecule has 0 bridgehead atoms. The molecule has 1 aromatic heterocycles. The molecule has 2 N–H and O–H groups in total. The number of aromatic nitrogens is 1. The highest BCUT2D eigenvalue weighted by molar-refractivity contribution is 8.13. The summed E-state index contributed by atoms with van der Waals surface area (Å²) in [7, 11) is 1.24. The molecule has 0 aliphatic heterocycles. The summed E-state index contributed by atoms with van der Waals surface area (Å²) in [4.78, 5) is 12.9. The highest BCUT2D eigenvalue weighted by Gasteiger charge is 2.22. The summed E-state index contributed by atoms with van der Waals surface area (Å²) >= 11 is 0. The minimum Gasteiger partial charge on any atom is -0.477 e. The molecule has 5 nitrogen and oxygen atoms in total. The first-order valence-electron chi connectivity index (χ1n) is 3.76. The summed E-state index contributed by atoms with van der Waals surface area (Å²) in [5.74, 6) is -1.20. The topological polar surface area (TPSA) is 87.2 Å². The van der Waals surface area contributed by atoms with Crippen LogP contribution in [0.15, 0.2) is 11.1 Å². The molecule has 0 spiro atoms. The van der Waals surface area contributed by atoms with Gasteiger partial charge in [0.15, 0.2) is 0 Å². The molecule has 0 atom stereocenters. The Labute approximate surface area is 85.1 Å². The third-order valence-electron chi connectivity index (χ3n) is 1.78. The molecule has 0 aliphatic carbocycles. The number of hydrogen-bond acceptors (Lipinski definition) is 3. The molecule has 0 saturated carbocycles. The fourth-order valence-corrected chi connectivity index (χ4v) is 2.35. The second-order valence-corrected chi connectivity index (χ2v) is 5.14. The molecular weight excluding hydrogens is 230 g/mol. The lowest BCUT2D eigenvalue weighted by Gasteiger charge is -1.97. The van der Waals surface area contributed by atoms with Crippen LogP contribution in [-0.2, 0) is 15.5 Å². The first-order chi connectivity index (χ1) is 6.38. The lowest BCUT2D eigenvalue weighted by Crippen LogP contribution is -2.02. The number of aromatic amines is 1. The van der Waals surface area contributed by atoms with Gasteiger partial charge in [0.2, 0.25) is 0 Å². The molecule has 0 saturated heterocycles. The van der Waals surface area contributed by atoms with E-state index in [-0.39, 0.29) is 22.6 Å². The fourth-order valence-electron chi connectivity index (χ4n) is 1.19. The summed E-state index contributed by atoms with van der Waals surface area (Å²) in [6.45, 7) is 1.65. The molecule has 0 unspecified atom stereocenters. The normalized spacial score (nSPS) is 11.6. The first kappa shape index (κ1) is 11.1. The molecule has 7 heteroatoms. The number of halogens is 1. The molecule has 0 aromatic carbocycles. The lowest BCUT2D eigenvalue weighted by molar-refractivity contribution is 0.0690. The monoisotopic (exact) mass is 237 g/mol. The average molecular weight is 238 g/mol. The maximum Gasteiger partial charge on any atom is 0.352 e. The third-order valence-corrected chi connectivity index (χ3v) is 3.17. The second kappa shape index (κ2) is 3.62.